The summed E-state index contributed by atoms with van der Waals surface area (Å²) in [5.41, 5.74) is -7.28. The summed E-state index contributed by atoms with van der Waals surface area (Å²) >= 11 is 5.61. The molecule has 168 valence electrons. The molecule has 0 aliphatic rings. The van der Waals surface area contributed by atoms with Crippen LogP contribution in [0.5, 0.6) is 11.6 Å². The summed E-state index contributed by atoms with van der Waals surface area (Å²) < 4.78 is 73.3. The van der Waals surface area contributed by atoms with Crippen molar-refractivity contribution in [2.75, 3.05) is 11.4 Å². The van der Waals surface area contributed by atoms with E-state index in [0.29, 0.717) is 0 Å². The van der Waals surface area contributed by atoms with Gasteiger partial charge in [0.25, 0.3) is 0 Å². The minimum atomic E-state index is -6.16. The van der Waals surface area contributed by atoms with Crippen molar-refractivity contribution >= 4 is 39.2 Å². The molecule has 0 spiro atoms. The van der Waals surface area contributed by atoms with Crippen molar-refractivity contribution in [1.82, 2.24) is 10.2 Å². The van der Waals surface area contributed by atoms with Gasteiger partial charge in [-0.05, 0) is 30.7 Å². The lowest BCUT2D eigenvalue weighted by molar-refractivity contribution is -0.118. The van der Waals surface area contributed by atoms with Crippen molar-refractivity contribution < 1.29 is 40.7 Å². The summed E-state index contributed by atoms with van der Waals surface area (Å²) in [5.74, 6) is -2.76. The summed E-state index contributed by atoms with van der Waals surface area (Å²) in [4.78, 5) is 24.5. The Morgan fingerprint density at radius 2 is 1.84 bits per heavy atom. The number of rotatable bonds is 7. The second-order valence-electron chi connectivity index (χ2n) is 5.83. The summed E-state index contributed by atoms with van der Waals surface area (Å²) in [5, 5.41) is 7.23. The number of carbonyl (C=O) groups is 2. The largest absolute Gasteiger partial charge is 0.517 e. The van der Waals surface area contributed by atoms with Crippen LogP contribution in [-0.2, 0) is 19.6 Å². The van der Waals surface area contributed by atoms with E-state index in [1.54, 1.807) is 0 Å². The van der Waals surface area contributed by atoms with Crippen LogP contribution in [0, 0.1) is 0 Å². The third kappa shape index (κ3) is 5.41. The van der Waals surface area contributed by atoms with Gasteiger partial charge in [0.2, 0.25) is 11.8 Å². The Morgan fingerprint density at radius 3 is 2.35 bits per heavy atom. The van der Waals surface area contributed by atoms with Crippen molar-refractivity contribution in [2.45, 2.75) is 25.3 Å². The van der Waals surface area contributed by atoms with Gasteiger partial charge >= 0.3 is 21.5 Å². The number of methoxy groups -OCH3 is 1. The number of hydrogen-bond donors (Lipinski definition) is 0. The lowest BCUT2D eigenvalue weighted by atomic mass is 10.1. The molecule has 0 saturated heterocycles. The van der Waals surface area contributed by atoms with Gasteiger partial charge in [-0.3, -0.25) is 4.79 Å². The lowest BCUT2D eigenvalue weighted by Gasteiger charge is -2.25. The Kier molecular flexibility index (Phi) is 7.44. The SMILES string of the molecule is CCCC(=O)N(c1ccc(Oc2ccc(Cl)nn2)cc1C(=O)OC)S(=O)(=O)C(F)(F)F. The first-order valence-corrected chi connectivity index (χ1v) is 10.3. The minimum Gasteiger partial charge on any atom is -0.465 e. The molecule has 1 amide bonds. The van der Waals surface area contributed by atoms with Crippen LogP contribution in [0.2, 0.25) is 5.15 Å². The monoisotopic (exact) mass is 481 g/mol. The number of benzene rings is 1. The number of halogens is 4. The van der Waals surface area contributed by atoms with Gasteiger partial charge in [-0.2, -0.15) is 25.9 Å². The number of amides is 1. The van der Waals surface area contributed by atoms with E-state index in [9.17, 15) is 31.2 Å². The van der Waals surface area contributed by atoms with Crippen LogP contribution in [0.3, 0.4) is 0 Å². The average Bonchev–Trinajstić information content (AvgIpc) is 2.69. The number of aromatic nitrogens is 2. The second kappa shape index (κ2) is 9.47. The second-order valence-corrected chi connectivity index (χ2v) is 7.99. The number of carbonyl (C=O) groups excluding carboxylic acids is 2. The van der Waals surface area contributed by atoms with E-state index < -0.39 is 49.4 Å². The number of hydrogen-bond acceptors (Lipinski definition) is 8. The zero-order valence-electron chi connectivity index (χ0n) is 16.0. The van der Waals surface area contributed by atoms with Gasteiger partial charge in [-0.25, -0.2) is 4.79 Å². The van der Waals surface area contributed by atoms with Crippen LogP contribution in [-0.4, -0.2) is 43.1 Å². The predicted octanol–water partition coefficient (Wildman–Crippen LogP) is 3.69. The highest BCUT2D eigenvalue weighted by Gasteiger charge is 2.53. The van der Waals surface area contributed by atoms with Crippen LogP contribution in [0.15, 0.2) is 30.3 Å². The molecule has 1 aromatic heterocycles. The van der Waals surface area contributed by atoms with Crippen LogP contribution >= 0.6 is 11.6 Å². The molecule has 14 heteroatoms. The predicted molar refractivity (Wildman–Crippen MR) is 102 cm³/mol. The molecule has 0 radical (unpaired) electrons. The van der Waals surface area contributed by atoms with Crippen LogP contribution in [0.25, 0.3) is 0 Å². The quantitative estimate of drug-likeness (QED) is 0.550. The molecule has 1 heterocycles. The van der Waals surface area contributed by atoms with Crippen molar-refractivity contribution in [3.63, 3.8) is 0 Å². The fraction of sp³-hybridized carbons (Fsp3) is 0.294. The zero-order chi connectivity index (χ0) is 23.4. The van der Waals surface area contributed by atoms with Crippen molar-refractivity contribution in [1.29, 1.82) is 0 Å². The first-order valence-electron chi connectivity index (χ1n) is 8.46. The molecule has 2 rings (SSSR count). The average molecular weight is 482 g/mol. The fourth-order valence-corrected chi connectivity index (χ4v) is 3.41. The van der Waals surface area contributed by atoms with E-state index in [4.69, 9.17) is 16.3 Å². The highest BCUT2D eigenvalue weighted by molar-refractivity contribution is 7.94. The van der Waals surface area contributed by atoms with Crippen LogP contribution in [0.4, 0.5) is 18.9 Å². The number of alkyl halides is 3. The smallest absolute Gasteiger partial charge is 0.465 e. The molecular formula is C17H15ClF3N3O6S. The maximum absolute atomic E-state index is 13.2. The first kappa shape index (κ1) is 24.3. The van der Waals surface area contributed by atoms with E-state index in [-0.39, 0.29) is 23.2 Å². The van der Waals surface area contributed by atoms with Gasteiger partial charge in [-0.15, -0.1) is 10.2 Å². The summed E-state index contributed by atoms with van der Waals surface area (Å²) in [6, 6.07) is 5.46. The van der Waals surface area contributed by atoms with Gasteiger partial charge < -0.3 is 9.47 Å². The van der Waals surface area contributed by atoms with Crippen molar-refractivity contribution in [3.8, 4) is 11.6 Å². The fourth-order valence-electron chi connectivity index (χ4n) is 2.32. The van der Waals surface area contributed by atoms with E-state index in [1.165, 1.54) is 19.1 Å². The Hall–Kier alpha value is -2.93. The maximum atomic E-state index is 13.2. The molecule has 1 aromatic carbocycles. The van der Waals surface area contributed by atoms with Crippen LogP contribution < -0.4 is 9.04 Å². The number of ether oxygens (including phenoxy) is 2. The first-order chi connectivity index (χ1) is 14.4. The Bertz CT molecular complexity index is 1080. The molecule has 9 nitrogen and oxygen atoms in total. The van der Waals surface area contributed by atoms with Gasteiger partial charge in [-0.1, -0.05) is 18.5 Å². The molecule has 0 atom stereocenters. The zero-order valence-corrected chi connectivity index (χ0v) is 17.6. The molecule has 0 saturated carbocycles. The molecule has 0 aliphatic carbocycles. The van der Waals surface area contributed by atoms with Gasteiger partial charge in [0.15, 0.2) is 5.15 Å². The number of esters is 1. The molecule has 0 aliphatic heterocycles. The molecule has 31 heavy (non-hydrogen) atoms. The van der Waals surface area contributed by atoms with Gasteiger partial charge in [0.1, 0.15) is 5.75 Å². The van der Waals surface area contributed by atoms with E-state index in [2.05, 4.69) is 14.9 Å². The van der Waals surface area contributed by atoms with Crippen molar-refractivity contribution in [3.05, 3.63) is 41.0 Å². The molecule has 0 bridgehead atoms. The Balaban J connectivity index is 2.63. The van der Waals surface area contributed by atoms with Gasteiger partial charge in [0, 0.05) is 12.5 Å². The number of nitrogens with zero attached hydrogens (tertiary/aromatic N) is 3. The highest BCUT2D eigenvalue weighted by atomic mass is 35.5. The van der Waals surface area contributed by atoms with Crippen molar-refractivity contribution in [2.24, 2.45) is 0 Å². The number of anilines is 1. The molecule has 0 fully saturated rings. The third-order valence-electron chi connectivity index (χ3n) is 3.65. The van der Waals surface area contributed by atoms with E-state index >= 15 is 0 Å². The Labute approximate surface area is 179 Å². The van der Waals surface area contributed by atoms with E-state index in [0.717, 1.165) is 25.3 Å². The highest BCUT2D eigenvalue weighted by Crippen LogP contribution is 2.36. The lowest BCUT2D eigenvalue weighted by Crippen LogP contribution is -2.45. The third-order valence-corrected chi connectivity index (χ3v) is 5.31. The summed E-state index contributed by atoms with van der Waals surface area (Å²) in [6.45, 7) is 1.47. The minimum absolute atomic E-state index is 0.0622. The van der Waals surface area contributed by atoms with Crippen LogP contribution in [0.1, 0.15) is 30.1 Å². The van der Waals surface area contributed by atoms with Gasteiger partial charge in [0.05, 0.1) is 18.4 Å². The standard InChI is InChI=1S/C17H15ClF3N3O6S/c1-3-4-15(25)24(31(27,28)17(19,20)21)12-6-5-10(9-11(12)16(26)29-2)30-14-8-7-13(18)22-23-14/h5-9H,3-4H2,1-2H3. The normalized spacial score (nSPS) is 11.7. The number of sulfonamides is 1. The molecule has 2 aromatic rings. The van der Waals surface area contributed by atoms with E-state index in [1.807, 2.05) is 0 Å². The summed E-state index contributed by atoms with van der Waals surface area (Å²) in [6.07, 6.45) is -0.457. The molecule has 0 N–H and O–H groups in total. The topological polar surface area (TPSA) is 116 Å². The molecule has 0 unspecified atom stereocenters. The summed E-state index contributed by atoms with van der Waals surface area (Å²) in [7, 11) is -5.22. The Morgan fingerprint density at radius 1 is 1.16 bits per heavy atom. The molecular weight excluding hydrogens is 467 g/mol. The maximum Gasteiger partial charge on any atom is 0.517 e.